The van der Waals surface area contributed by atoms with E-state index < -0.39 is 10.0 Å². The highest BCUT2D eigenvalue weighted by molar-refractivity contribution is 7.89. The summed E-state index contributed by atoms with van der Waals surface area (Å²) in [5, 5.41) is 11.1. The molecule has 1 aromatic carbocycles. The molecule has 0 spiro atoms. The first-order valence-electron chi connectivity index (χ1n) is 7.09. The second-order valence-electron chi connectivity index (χ2n) is 4.88. The standard InChI is InChI=1S/C14H23FN4O2S/c1-3-17-14(19-8-9-22(16,20)21)18-7-6-12-4-5-13(15)10-11(12)2/h4-5,10H,3,6-9H2,1-2H3,(H2,16,20,21)(H2,17,18,19). The number of benzene rings is 1. The molecular formula is C14H23FN4O2S. The van der Waals surface area contributed by atoms with Gasteiger partial charge in [0, 0.05) is 13.1 Å². The number of halogens is 1. The summed E-state index contributed by atoms with van der Waals surface area (Å²) in [6.07, 6.45) is 0.714. The number of aliphatic imine (C=N–C) groups is 1. The number of hydrogen-bond donors (Lipinski definition) is 3. The number of guanidine groups is 1. The Morgan fingerprint density at radius 2 is 2.09 bits per heavy atom. The molecule has 0 bridgehead atoms. The second-order valence-corrected chi connectivity index (χ2v) is 6.61. The zero-order valence-electron chi connectivity index (χ0n) is 12.9. The number of nitrogens with one attached hydrogen (secondary N) is 2. The lowest BCUT2D eigenvalue weighted by Gasteiger charge is -2.12. The van der Waals surface area contributed by atoms with Gasteiger partial charge in [-0.05, 0) is 43.5 Å². The van der Waals surface area contributed by atoms with E-state index in [0.29, 0.717) is 25.5 Å². The molecular weight excluding hydrogens is 307 g/mol. The topological polar surface area (TPSA) is 96.6 Å². The molecule has 1 rings (SSSR count). The van der Waals surface area contributed by atoms with Gasteiger partial charge in [-0.3, -0.25) is 4.99 Å². The van der Waals surface area contributed by atoms with E-state index in [9.17, 15) is 12.8 Å². The Morgan fingerprint density at radius 3 is 2.68 bits per heavy atom. The van der Waals surface area contributed by atoms with Crippen LogP contribution in [0.4, 0.5) is 4.39 Å². The zero-order valence-corrected chi connectivity index (χ0v) is 13.7. The van der Waals surface area contributed by atoms with Crippen molar-refractivity contribution in [2.24, 2.45) is 10.1 Å². The van der Waals surface area contributed by atoms with Gasteiger partial charge in [-0.1, -0.05) is 6.07 Å². The van der Waals surface area contributed by atoms with E-state index in [1.54, 1.807) is 6.07 Å². The van der Waals surface area contributed by atoms with Gasteiger partial charge in [-0.15, -0.1) is 0 Å². The summed E-state index contributed by atoms with van der Waals surface area (Å²) >= 11 is 0. The first-order chi connectivity index (χ1) is 10.3. The molecule has 0 heterocycles. The van der Waals surface area contributed by atoms with Crippen LogP contribution in [-0.4, -0.2) is 39.8 Å². The lowest BCUT2D eigenvalue weighted by atomic mass is 10.1. The Labute approximate surface area is 131 Å². The normalized spacial score (nSPS) is 12.3. The van der Waals surface area contributed by atoms with Crippen molar-refractivity contribution >= 4 is 16.0 Å². The molecule has 22 heavy (non-hydrogen) atoms. The maximum atomic E-state index is 13.0. The summed E-state index contributed by atoms with van der Waals surface area (Å²) < 4.78 is 34.8. The number of aryl methyl sites for hydroxylation is 1. The molecule has 0 aliphatic rings. The van der Waals surface area contributed by atoms with Crippen LogP contribution in [-0.2, 0) is 16.4 Å². The SMILES string of the molecule is CCNC(=NCCS(N)(=O)=O)NCCc1ccc(F)cc1C. The molecule has 4 N–H and O–H groups in total. The Bertz CT molecular complexity index is 617. The number of sulfonamides is 1. The Balaban J connectivity index is 2.51. The Hall–Kier alpha value is -1.67. The molecule has 6 nitrogen and oxygen atoms in total. The first-order valence-corrected chi connectivity index (χ1v) is 8.81. The maximum absolute atomic E-state index is 13.0. The van der Waals surface area contributed by atoms with Crippen LogP contribution in [0.3, 0.4) is 0 Å². The van der Waals surface area contributed by atoms with Gasteiger partial charge < -0.3 is 10.6 Å². The van der Waals surface area contributed by atoms with E-state index in [4.69, 9.17) is 5.14 Å². The van der Waals surface area contributed by atoms with Crippen LogP contribution >= 0.6 is 0 Å². The third-order valence-corrected chi connectivity index (χ3v) is 3.73. The quantitative estimate of drug-likeness (QED) is 0.501. The Morgan fingerprint density at radius 1 is 1.36 bits per heavy atom. The molecule has 0 radical (unpaired) electrons. The van der Waals surface area contributed by atoms with E-state index in [1.807, 2.05) is 13.8 Å². The molecule has 0 saturated heterocycles. The van der Waals surface area contributed by atoms with Gasteiger partial charge in [-0.25, -0.2) is 17.9 Å². The zero-order chi connectivity index (χ0) is 16.6. The van der Waals surface area contributed by atoms with Gasteiger partial charge in [0.15, 0.2) is 5.96 Å². The van der Waals surface area contributed by atoms with E-state index in [2.05, 4.69) is 15.6 Å². The minimum absolute atomic E-state index is 0.101. The van der Waals surface area contributed by atoms with Crippen molar-refractivity contribution < 1.29 is 12.8 Å². The molecule has 124 valence electrons. The van der Waals surface area contributed by atoms with Crippen molar-refractivity contribution in [2.75, 3.05) is 25.4 Å². The van der Waals surface area contributed by atoms with E-state index in [1.165, 1.54) is 12.1 Å². The number of hydrogen-bond acceptors (Lipinski definition) is 3. The molecule has 8 heteroatoms. The van der Waals surface area contributed by atoms with Gasteiger partial charge in [-0.2, -0.15) is 0 Å². The van der Waals surface area contributed by atoms with Gasteiger partial charge in [0.25, 0.3) is 0 Å². The number of nitrogens with zero attached hydrogens (tertiary/aromatic N) is 1. The van der Waals surface area contributed by atoms with Crippen LogP contribution in [0.1, 0.15) is 18.1 Å². The van der Waals surface area contributed by atoms with Gasteiger partial charge >= 0.3 is 0 Å². The predicted molar refractivity (Wildman–Crippen MR) is 86.8 cm³/mol. The second kappa shape index (κ2) is 8.70. The van der Waals surface area contributed by atoms with E-state index in [0.717, 1.165) is 11.1 Å². The van der Waals surface area contributed by atoms with E-state index in [-0.39, 0.29) is 18.1 Å². The third kappa shape index (κ3) is 7.37. The molecule has 1 aromatic rings. The molecule has 0 aliphatic heterocycles. The molecule has 0 aliphatic carbocycles. The van der Waals surface area contributed by atoms with Crippen molar-refractivity contribution in [2.45, 2.75) is 20.3 Å². The van der Waals surface area contributed by atoms with Crippen molar-refractivity contribution in [1.29, 1.82) is 0 Å². The van der Waals surface area contributed by atoms with Gasteiger partial charge in [0.1, 0.15) is 5.82 Å². The van der Waals surface area contributed by atoms with Gasteiger partial charge in [0.05, 0.1) is 12.3 Å². The van der Waals surface area contributed by atoms with Crippen LogP contribution < -0.4 is 15.8 Å². The van der Waals surface area contributed by atoms with Gasteiger partial charge in [0.2, 0.25) is 10.0 Å². The smallest absolute Gasteiger partial charge is 0.210 e. The fourth-order valence-corrected chi connectivity index (χ4v) is 2.23. The van der Waals surface area contributed by atoms with E-state index >= 15 is 0 Å². The van der Waals surface area contributed by atoms with Crippen LogP contribution in [0, 0.1) is 12.7 Å². The summed E-state index contributed by atoms with van der Waals surface area (Å²) in [7, 11) is -3.51. The predicted octanol–water partition coefficient (Wildman–Crippen LogP) is 0.520. The summed E-state index contributed by atoms with van der Waals surface area (Å²) in [5.41, 5.74) is 1.95. The average Bonchev–Trinajstić information content (AvgIpc) is 2.40. The fraction of sp³-hybridized carbons (Fsp3) is 0.500. The highest BCUT2D eigenvalue weighted by Gasteiger charge is 2.04. The van der Waals surface area contributed by atoms with Crippen LogP contribution in [0.2, 0.25) is 0 Å². The van der Waals surface area contributed by atoms with Crippen LogP contribution in [0.15, 0.2) is 23.2 Å². The minimum Gasteiger partial charge on any atom is -0.357 e. The number of rotatable bonds is 7. The van der Waals surface area contributed by atoms with Crippen molar-refractivity contribution in [3.05, 3.63) is 35.1 Å². The molecule has 0 saturated carbocycles. The molecule has 0 fully saturated rings. The monoisotopic (exact) mass is 330 g/mol. The summed E-state index contributed by atoms with van der Waals surface area (Å²) in [5.74, 6) is 0.0960. The first kappa shape index (κ1) is 18.4. The molecule has 0 aromatic heterocycles. The average molecular weight is 330 g/mol. The lowest BCUT2D eigenvalue weighted by molar-refractivity contribution is 0.597. The van der Waals surface area contributed by atoms with Crippen LogP contribution in [0.5, 0.6) is 0 Å². The van der Waals surface area contributed by atoms with Crippen molar-refractivity contribution in [3.8, 4) is 0 Å². The fourth-order valence-electron chi connectivity index (χ4n) is 1.88. The third-order valence-electron chi connectivity index (χ3n) is 2.98. The number of primary sulfonamides is 1. The summed E-state index contributed by atoms with van der Waals surface area (Å²) in [6.45, 7) is 5.15. The molecule has 0 unspecified atom stereocenters. The minimum atomic E-state index is -3.51. The summed E-state index contributed by atoms with van der Waals surface area (Å²) in [4.78, 5) is 4.14. The molecule has 0 atom stereocenters. The Kier molecular flexibility index (Phi) is 7.26. The summed E-state index contributed by atoms with van der Waals surface area (Å²) in [6, 6.07) is 4.70. The van der Waals surface area contributed by atoms with Crippen LogP contribution in [0.25, 0.3) is 0 Å². The number of nitrogens with two attached hydrogens (primary N) is 1. The highest BCUT2D eigenvalue weighted by atomic mass is 32.2. The van der Waals surface area contributed by atoms with Crippen molar-refractivity contribution in [3.63, 3.8) is 0 Å². The lowest BCUT2D eigenvalue weighted by Crippen LogP contribution is -2.38. The molecule has 0 amide bonds. The largest absolute Gasteiger partial charge is 0.357 e. The van der Waals surface area contributed by atoms with Crippen molar-refractivity contribution in [1.82, 2.24) is 10.6 Å². The highest BCUT2D eigenvalue weighted by Crippen LogP contribution is 2.10. The maximum Gasteiger partial charge on any atom is 0.210 e.